The van der Waals surface area contributed by atoms with Gasteiger partial charge in [0.1, 0.15) is 23.9 Å². The highest BCUT2D eigenvalue weighted by Gasteiger charge is 2.52. The van der Waals surface area contributed by atoms with Gasteiger partial charge in [-0.1, -0.05) is 0 Å². The van der Waals surface area contributed by atoms with Gasteiger partial charge >= 0.3 is 5.97 Å². The molecule has 5 heteroatoms. The van der Waals surface area contributed by atoms with E-state index in [1.807, 2.05) is 0 Å². The average molecular weight is 188 g/mol. The van der Waals surface area contributed by atoms with Gasteiger partial charge in [-0.05, 0) is 13.8 Å². The number of hydrogen-bond donors (Lipinski definition) is 2. The lowest BCUT2D eigenvalue weighted by Crippen LogP contribution is -2.30. The van der Waals surface area contributed by atoms with Gasteiger partial charge in [0.25, 0.3) is 0 Å². The molecule has 0 amide bonds. The van der Waals surface area contributed by atoms with E-state index in [9.17, 15) is 9.59 Å². The molecule has 1 rings (SSSR count). The fourth-order valence-electron chi connectivity index (χ4n) is 1.34. The molecule has 2 unspecified atom stereocenters. The van der Waals surface area contributed by atoms with Crippen LogP contribution in [-0.2, 0) is 14.3 Å². The molecule has 1 aliphatic heterocycles. The number of aliphatic hydroxyl groups excluding tert-OH is 1. The highest BCUT2D eigenvalue weighted by atomic mass is 16.6. The largest absolute Gasteiger partial charge is 0.481 e. The van der Waals surface area contributed by atoms with E-state index in [-0.39, 0.29) is 0 Å². The number of ketones is 1. The number of carbonyl (C=O) groups is 2. The molecule has 1 saturated heterocycles. The SMILES string of the molecule is CC(=O)C(C(=O)O)[C@@H]1O[C@@H]1C(C)O. The summed E-state index contributed by atoms with van der Waals surface area (Å²) in [5.74, 6) is -2.78. The summed E-state index contributed by atoms with van der Waals surface area (Å²) in [6, 6.07) is 0. The topological polar surface area (TPSA) is 87.1 Å². The van der Waals surface area contributed by atoms with Crippen molar-refractivity contribution in [1.29, 1.82) is 0 Å². The van der Waals surface area contributed by atoms with Crippen molar-refractivity contribution in [2.75, 3.05) is 0 Å². The molecular formula is C8H12O5. The van der Waals surface area contributed by atoms with Crippen LogP contribution in [0, 0.1) is 5.92 Å². The van der Waals surface area contributed by atoms with Gasteiger partial charge in [0.05, 0.1) is 6.10 Å². The predicted molar refractivity (Wildman–Crippen MR) is 42.1 cm³/mol. The van der Waals surface area contributed by atoms with Crippen molar-refractivity contribution in [2.45, 2.75) is 32.2 Å². The van der Waals surface area contributed by atoms with Gasteiger partial charge in [-0.2, -0.15) is 0 Å². The summed E-state index contributed by atoms with van der Waals surface area (Å²) in [5, 5.41) is 17.7. The molecule has 0 radical (unpaired) electrons. The zero-order valence-electron chi connectivity index (χ0n) is 7.43. The molecule has 74 valence electrons. The first-order chi connectivity index (χ1) is 5.95. The van der Waals surface area contributed by atoms with Crippen LogP contribution in [0.2, 0.25) is 0 Å². The molecule has 0 aromatic rings. The van der Waals surface area contributed by atoms with Crippen molar-refractivity contribution in [3.8, 4) is 0 Å². The summed E-state index contributed by atoms with van der Waals surface area (Å²) in [7, 11) is 0. The number of hydrogen-bond acceptors (Lipinski definition) is 4. The van der Waals surface area contributed by atoms with E-state index in [0.717, 1.165) is 0 Å². The first kappa shape index (κ1) is 10.1. The molecule has 0 aromatic carbocycles. The third-order valence-corrected chi connectivity index (χ3v) is 2.07. The van der Waals surface area contributed by atoms with Crippen LogP contribution in [0.5, 0.6) is 0 Å². The van der Waals surface area contributed by atoms with Crippen molar-refractivity contribution in [2.24, 2.45) is 5.92 Å². The Morgan fingerprint density at radius 3 is 2.15 bits per heavy atom. The first-order valence-corrected chi connectivity index (χ1v) is 4.02. The Morgan fingerprint density at radius 2 is 1.92 bits per heavy atom. The van der Waals surface area contributed by atoms with Gasteiger partial charge in [-0.25, -0.2) is 0 Å². The van der Waals surface area contributed by atoms with Crippen LogP contribution in [-0.4, -0.2) is 40.3 Å². The lowest BCUT2D eigenvalue weighted by atomic mass is 9.98. The van der Waals surface area contributed by atoms with Gasteiger partial charge in [0.2, 0.25) is 0 Å². The van der Waals surface area contributed by atoms with Crippen LogP contribution in [0.1, 0.15) is 13.8 Å². The summed E-state index contributed by atoms with van der Waals surface area (Å²) in [5.41, 5.74) is 0. The van der Waals surface area contributed by atoms with Gasteiger partial charge in [-0.15, -0.1) is 0 Å². The maximum atomic E-state index is 10.9. The Morgan fingerprint density at radius 1 is 1.38 bits per heavy atom. The van der Waals surface area contributed by atoms with Gasteiger partial charge in [0.15, 0.2) is 0 Å². The minimum atomic E-state index is -1.19. The summed E-state index contributed by atoms with van der Waals surface area (Å²) in [6.45, 7) is 2.71. The Balaban J connectivity index is 2.61. The van der Waals surface area contributed by atoms with E-state index in [2.05, 4.69) is 0 Å². The molecule has 0 spiro atoms. The summed E-state index contributed by atoms with van der Waals surface area (Å²) in [4.78, 5) is 21.5. The molecule has 0 saturated carbocycles. The second kappa shape index (κ2) is 3.43. The fourth-order valence-corrected chi connectivity index (χ4v) is 1.34. The van der Waals surface area contributed by atoms with Crippen molar-refractivity contribution in [1.82, 2.24) is 0 Å². The van der Waals surface area contributed by atoms with Crippen LogP contribution in [0.4, 0.5) is 0 Å². The lowest BCUT2D eigenvalue weighted by Gasteiger charge is -2.04. The second-order valence-corrected chi connectivity index (χ2v) is 3.23. The highest BCUT2D eigenvalue weighted by Crippen LogP contribution is 2.32. The molecule has 1 heterocycles. The summed E-state index contributed by atoms with van der Waals surface area (Å²) < 4.78 is 4.91. The Kier molecular flexibility index (Phi) is 2.68. The summed E-state index contributed by atoms with van der Waals surface area (Å²) in [6.07, 6.45) is -1.90. The molecule has 0 bridgehead atoms. The Bertz CT molecular complexity index is 221. The number of carbonyl (C=O) groups excluding carboxylic acids is 1. The maximum Gasteiger partial charge on any atom is 0.316 e. The van der Waals surface area contributed by atoms with Crippen LogP contribution in [0.3, 0.4) is 0 Å². The first-order valence-electron chi connectivity index (χ1n) is 4.02. The van der Waals surface area contributed by atoms with Gasteiger partial charge in [0, 0.05) is 0 Å². The minimum absolute atomic E-state index is 0.444. The zero-order valence-corrected chi connectivity index (χ0v) is 7.43. The normalized spacial score (nSPS) is 30.7. The van der Waals surface area contributed by atoms with Crippen molar-refractivity contribution < 1.29 is 24.5 Å². The number of carboxylic acids is 1. The second-order valence-electron chi connectivity index (χ2n) is 3.23. The standard InChI is InChI=1S/C8H12O5/c1-3(9)5(8(11)12)7-6(13-7)4(2)10/h4-7,10H,1-2H3,(H,11,12)/t4?,5?,6-,7+/m1/s1. The molecular weight excluding hydrogens is 176 g/mol. The molecule has 1 aliphatic rings. The van der Waals surface area contributed by atoms with Crippen molar-refractivity contribution >= 4 is 11.8 Å². The van der Waals surface area contributed by atoms with Crippen molar-refractivity contribution in [3.05, 3.63) is 0 Å². The molecule has 1 fully saturated rings. The zero-order chi connectivity index (χ0) is 10.2. The third kappa shape index (κ3) is 2.05. The minimum Gasteiger partial charge on any atom is -0.481 e. The number of rotatable bonds is 4. The summed E-state index contributed by atoms with van der Waals surface area (Å²) >= 11 is 0. The lowest BCUT2D eigenvalue weighted by molar-refractivity contribution is -0.146. The molecule has 4 atom stereocenters. The number of carboxylic acid groups (broad SMARTS) is 1. The number of aliphatic hydroxyl groups is 1. The van der Waals surface area contributed by atoms with Crippen LogP contribution in [0.15, 0.2) is 0 Å². The van der Waals surface area contributed by atoms with Crippen LogP contribution in [0.25, 0.3) is 0 Å². The Labute approximate surface area is 75.3 Å². The fraction of sp³-hybridized carbons (Fsp3) is 0.750. The maximum absolute atomic E-state index is 10.9. The highest BCUT2D eigenvalue weighted by molar-refractivity contribution is 5.98. The number of ether oxygens (including phenoxy) is 1. The van der Waals surface area contributed by atoms with E-state index in [1.165, 1.54) is 13.8 Å². The van der Waals surface area contributed by atoms with Crippen LogP contribution >= 0.6 is 0 Å². The van der Waals surface area contributed by atoms with E-state index in [4.69, 9.17) is 14.9 Å². The van der Waals surface area contributed by atoms with E-state index in [1.54, 1.807) is 0 Å². The number of epoxide rings is 1. The van der Waals surface area contributed by atoms with Gasteiger partial charge in [-0.3, -0.25) is 9.59 Å². The molecule has 13 heavy (non-hydrogen) atoms. The van der Waals surface area contributed by atoms with Crippen LogP contribution < -0.4 is 0 Å². The predicted octanol–water partition coefficient (Wildman–Crippen LogP) is -0.576. The van der Waals surface area contributed by atoms with E-state index in [0.29, 0.717) is 0 Å². The molecule has 2 N–H and O–H groups in total. The van der Waals surface area contributed by atoms with Crippen molar-refractivity contribution in [3.63, 3.8) is 0 Å². The number of Topliss-reactive ketones (excluding diaryl/α,β-unsaturated/α-hetero) is 1. The quantitative estimate of drug-likeness (QED) is 0.455. The average Bonchev–Trinajstić information content (AvgIpc) is 2.65. The molecule has 0 aliphatic carbocycles. The molecule has 0 aromatic heterocycles. The Hall–Kier alpha value is -0.940. The third-order valence-electron chi connectivity index (χ3n) is 2.07. The van der Waals surface area contributed by atoms with E-state index >= 15 is 0 Å². The van der Waals surface area contributed by atoms with E-state index < -0.39 is 36.0 Å². The molecule has 5 nitrogen and oxygen atoms in total. The smallest absolute Gasteiger partial charge is 0.316 e. The number of aliphatic carboxylic acids is 1. The monoisotopic (exact) mass is 188 g/mol. The van der Waals surface area contributed by atoms with Gasteiger partial charge < -0.3 is 14.9 Å².